The Bertz CT molecular complexity index is 5420. The molecule has 0 aliphatic heterocycles. The van der Waals surface area contributed by atoms with Crippen molar-refractivity contribution in [2.24, 2.45) is 100 Å². The van der Waals surface area contributed by atoms with Gasteiger partial charge in [-0.25, -0.2) is 0 Å². The van der Waals surface area contributed by atoms with Crippen LogP contribution in [0.15, 0.2) is 264 Å². The second kappa shape index (κ2) is 52.2. The number of fused-ring (bicyclic) bond motifs is 11. The fourth-order valence-corrected chi connectivity index (χ4v) is 27.2. The van der Waals surface area contributed by atoms with Crippen LogP contribution in [0, 0.1) is 100 Å². The van der Waals surface area contributed by atoms with Gasteiger partial charge in [0.25, 0.3) is 0 Å². The van der Waals surface area contributed by atoms with Crippen molar-refractivity contribution in [3.8, 4) is 63.2 Å². The lowest BCUT2D eigenvalue weighted by atomic mass is 9.50. The molecule has 14 aliphatic rings. The van der Waals surface area contributed by atoms with Crippen LogP contribution in [-0.2, 0) is 28.4 Å². The molecule has 0 spiro atoms. The van der Waals surface area contributed by atoms with Gasteiger partial charge in [0, 0.05) is 0 Å². The van der Waals surface area contributed by atoms with Gasteiger partial charge in [0.1, 0.15) is 76.5 Å². The van der Waals surface area contributed by atoms with E-state index in [9.17, 15) is 0 Å². The Morgan fingerprint density at radius 3 is 1.03 bits per heavy atom. The molecule has 0 N–H and O–H groups in total. The van der Waals surface area contributed by atoms with Crippen LogP contribution in [0.3, 0.4) is 0 Å². The Morgan fingerprint density at radius 1 is 0.303 bits per heavy atom. The summed E-state index contributed by atoms with van der Waals surface area (Å²) in [5.74, 6) is 24.9. The molecule has 0 saturated heterocycles. The molecule has 774 valence electrons. The van der Waals surface area contributed by atoms with E-state index in [-0.39, 0.29) is 43.3 Å². The number of hydrogen-bond donors (Lipinski definition) is 0. The predicted octanol–water partition coefficient (Wildman–Crippen LogP) is 31.9. The third-order valence-electron chi connectivity index (χ3n) is 32.9. The maximum atomic E-state index is 6.47. The van der Waals surface area contributed by atoms with Gasteiger partial charge in [0.2, 0.25) is 0 Å². The third-order valence-corrected chi connectivity index (χ3v) is 32.9. The highest BCUT2D eigenvalue weighted by molar-refractivity contribution is 5.63. The molecule has 23 rings (SSSR count). The second-order valence-electron chi connectivity index (χ2n) is 43.7. The van der Waals surface area contributed by atoms with Crippen LogP contribution < -0.4 is 47.4 Å². The lowest BCUT2D eigenvalue weighted by Crippen LogP contribution is -2.53. The van der Waals surface area contributed by atoms with E-state index in [4.69, 9.17) is 75.8 Å². The number of benzene rings is 9. The van der Waals surface area contributed by atoms with E-state index in [1.807, 2.05) is 304 Å². The van der Waals surface area contributed by atoms with Crippen LogP contribution in [0.1, 0.15) is 236 Å². The summed E-state index contributed by atoms with van der Waals surface area (Å²) >= 11 is 0. The number of rotatable bonds is 44. The molecule has 16 unspecified atom stereocenters. The molecule has 9 aromatic rings. The molecule has 0 aromatic heterocycles. The van der Waals surface area contributed by atoms with E-state index in [2.05, 4.69) is 39.5 Å². The molecule has 14 aliphatic carbocycles. The van der Waals surface area contributed by atoms with Crippen LogP contribution in [-0.4, -0.2) is 96.7 Å². The van der Waals surface area contributed by atoms with Crippen molar-refractivity contribution in [2.45, 2.75) is 246 Å². The zero-order chi connectivity index (χ0) is 101. The molecular formula is C129H162O16. The summed E-state index contributed by atoms with van der Waals surface area (Å²) in [5.41, 5.74) is 9.26. The highest BCUT2D eigenvalue weighted by Crippen LogP contribution is 2.69. The first kappa shape index (κ1) is 107. The standard InChI is InChI=1S/C25H26O4.C24H32O2.C21H28O2.C20H24O4.C20H26O2.C19H26O2/c1-19(2)21-9-11-24(12-10-21)28-20(3)26-17-18-27-22-13-15-25(16-14-22)29-23-7-5-4-6-8-23;1-3-16-4-8-21(9-5-16)26-15(2)25-11-10-17-12-20-14-22(17)24-19-7-6-18(13-19)23(20)24;1-3-16-4-6-20(7-5-16)23-15(2)22-14-21-11-17-8-18(12-21)10-19(9-17)13-21;1-15(2)17-5-7-20(8-6-17)24-16(3)22-13-14-23-19-11-9-18(21-4)10-12-19;1-3-15-4-6-19(7-5-15)21-14(2)22-20-11-16-8-17(12-20)10-18(9-16)13-20;1-3-15-5-8-19(9-6-15)21-14(2)20-11-10-18-13-16-4-7-17(18)12-16/h4-16,20H,1,17-18H2,2-3H3;3-5,8-9,15,17-20,22-24H,1,6-7,10-14H2,2H3;3-7,15,17-19H,1,8-14H2,2H3;5-12,16H,1,13-14H2,2-4H3;3-7,14,16-18H,1,8-13H2,2H3;3,5-6,8-9,14,16-18H,1,4,7,10-13H2,2H3. The molecule has 9 aromatic carbocycles. The highest BCUT2D eigenvalue weighted by Gasteiger charge is 2.62. The maximum Gasteiger partial charge on any atom is 0.197 e. The van der Waals surface area contributed by atoms with Gasteiger partial charge >= 0.3 is 0 Å². The Labute approximate surface area is 866 Å². The summed E-state index contributed by atoms with van der Waals surface area (Å²) < 4.78 is 92.9. The molecule has 14 fully saturated rings. The summed E-state index contributed by atoms with van der Waals surface area (Å²) in [5, 5.41) is 0. The second-order valence-corrected chi connectivity index (χ2v) is 43.7. The molecule has 14 saturated carbocycles. The maximum absolute atomic E-state index is 6.47. The van der Waals surface area contributed by atoms with Crippen LogP contribution in [0.5, 0.6) is 63.2 Å². The molecule has 16 nitrogen and oxygen atoms in total. The zero-order valence-corrected chi connectivity index (χ0v) is 87.9. The highest BCUT2D eigenvalue weighted by atomic mass is 16.7. The van der Waals surface area contributed by atoms with Gasteiger partial charge in [-0.1, -0.05) is 172 Å². The summed E-state index contributed by atoms with van der Waals surface area (Å²) in [4.78, 5) is 0. The van der Waals surface area contributed by atoms with E-state index in [1.165, 1.54) is 135 Å². The van der Waals surface area contributed by atoms with Crippen molar-refractivity contribution >= 4 is 35.5 Å². The van der Waals surface area contributed by atoms with E-state index >= 15 is 0 Å². The van der Waals surface area contributed by atoms with Crippen molar-refractivity contribution in [3.63, 3.8) is 0 Å². The van der Waals surface area contributed by atoms with Crippen molar-refractivity contribution in [1.82, 2.24) is 0 Å². The summed E-state index contributed by atoms with van der Waals surface area (Å²) in [6.07, 6.45) is 38.6. The molecule has 16 heteroatoms. The molecule has 0 amide bonds. The van der Waals surface area contributed by atoms with Gasteiger partial charge in [-0.15, -0.1) is 0 Å². The van der Waals surface area contributed by atoms with Crippen molar-refractivity contribution in [3.05, 3.63) is 297 Å². The lowest BCUT2D eigenvalue weighted by molar-refractivity contribution is -0.225. The van der Waals surface area contributed by atoms with Gasteiger partial charge in [0.05, 0.1) is 45.7 Å². The fraction of sp³-hybridized carbons (Fsp3) is 0.488. The number of para-hydroxylation sites is 1. The van der Waals surface area contributed by atoms with Gasteiger partial charge < -0.3 is 75.8 Å². The van der Waals surface area contributed by atoms with E-state index in [0.29, 0.717) is 31.8 Å². The fourth-order valence-electron chi connectivity index (χ4n) is 27.2. The topological polar surface area (TPSA) is 148 Å². The van der Waals surface area contributed by atoms with Crippen LogP contribution in [0.4, 0.5) is 0 Å². The van der Waals surface area contributed by atoms with Crippen LogP contribution in [0.25, 0.3) is 35.5 Å². The first-order valence-corrected chi connectivity index (χ1v) is 54.3. The van der Waals surface area contributed by atoms with Gasteiger partial charge in [-0.05, 0) is 464 Å². The molecule has 14 bridgehead atoms. The lowest BCUT2D eigenvalue weighted by Gasteiger charge is -2.56. The first-order chi connectivity index (χ1) is 70.4. The van der Waals surface area contributed by atoms with E-state index < -0.39 is 0 Å². The third kappa shape index (κ3) is 30.9. The van der Waals surface area contributed by atoms with Crippen molar-refractivity contribution in [1.29, 1.82) is 0 Å². The minimum Gasteiger partial charge on any atom is -0.497 e. The summed E-state index contributed by atoms with van der Waals surface area (Å²) in [6, 6.07) is 72.2. The molecular weight excluding hydrogens is 1810 g/mol. The zero-order valence-electron chi connectivity index (χ0n) is 87.9. The minimum absolute atomic E-state index is 0.106. The average Bonchev–Trinajstić information content (AvgIpc) is 1.55. The SMILES string of the molecule is C=C(C)c1ccc(OC(C)OCCOc2ccc(OC)cc2)cc1.C=C(C)c1ccc(OC(C)OCCOc2ccc(Oc3ccccc3)cc2)cc1.C=Cc1ccc(OC(C)OC23CC4CC(CC(C4)C2)C3)cc1.C=Cc1ccc(OC(C)OCC23CC4CC(CC(C4)C2)C3)cc1.C=Cc1ccc(OC(C)OCCC2CC3CC2C2C4CCC(C4)C32)cc1.C=Cc1ccc(OC(C)OCCC2CC3CCC2C3)cc1. The molecule has 0 radical (unpaired) electrons. The van der Waals surface area contributed by atoms with Crippen molar-refractivity contribution in [2.75, 3.05) is 53.4 Å². The molecule has 0 heterocycles. The monoisotopic (exact) mass is 1970 g/mol. The Morgan fingerprint density at radius 2 is 0.648 bits per heavy atom. The molecule has 16 atom stereocenters. The average molecular weight is 1970 g/mol. The number of allylic oxidation sites excluding steroid dienone is 2. The Balaban J connectivity index is 0.000000125. The largest absolute Gasteiger partial charge is 0.497 e. The van der Waals surface area contributed by atoms with E-state index in [0.717, 1.165) is 222 Å². The Kier molecular flexibility index (Phi) is 38.5. The first-order valence-electron chi connectivity index (χ1n) is 54.3. The molecule has 145 heavy (non-hydrogen) atoms. The minimum atomic E-state index is -0.365. The summed E-state index contributed by atoms with van der Waals surface area (Å²) in [6.45, 7) is 42.9. The predicted molar refractivity (Wildman–Crippen MR) is 584 cm³/mol. The van der Waals surface area contributed by atoms with Crippen LogP contribution >= 0.6 is 0 Å². The van der Waals surface area contributed by atoms with E-state index in [1.54, 1.807) is 20.0 Å². The normalized spacial score (nSPS) is 27.0. The number of methoxy groups -OCH3 is 1. The van der Waals surface area contributed by atoms with Crippen LogP contribution in [0.2, 0.25) is 0 Å². The summed E-state index contributed by atoms with van der Waals surface area (Å²) in [7, 11) is 1.64. The van der Waals surface area contributed by atoms with Crippen molar-refractivity contribution < 1.29 is 75.8 Å². The van der Waals surface area contributed by atoms with Gasteiger partial charge in [-0.2, -0.15) is 0 Å². The number of ether oxygens (including phenoxy) is 16. The smallest absolute Gasteiger partial charge is 0.197 e. The van der Waals surface area contributed by atoms with Gasteiger partial charge in [-0.3, -0.25) is 0 Å². The Hall–Kier alpha value is -10.8. The quantitative estimate of drug-likeness (QED) is 0.0202. The van der Waals surface area contributed by atoms with Gasteiger partial charge in [0.15, 0.2) is 37.7 Å². The number of hydrogen-bond acceptors (Lipinski definition) is 16.